The van der Waals surface area contributed by atoms with Crippen LogP contribution in [0.25, 0.3) is 0 Å². The van der Waals surface area contributed by atoms with Crippen LogP contribution < -0.4 is 5.32 Å². The summed E-state index contributed by atoms with van der Waals surface area (Å²) in [6.45, 7) is 6.68. The number of nitrogens with zero attached hydrogens (tertiary/aromatic N) is 2. The van der Waals surface area contributed by atoms with Gasteiger partial charge in [-0.3, -0.25) is 4.68 Å². The molecule has 0 spiro atoms. The minimum atomic E-state index is 0.566. The average Bonchev–Trinajstić information content (AvgIpc) is 2.67. The third-order valence-corrected chi connectivity index (χ3v) is 2.91. The molecule has 1 fully saturated rings. The maximum absolute atomic E-state index is 4.44. The normalized spacial score (nSPS) is 22.9. The Kier molecular flexibility index (Phi) is 2.87. The molecule has 1 aliphatic rings. The van der Waals surface area contributed by atoms with Crippen molar-refractivity contribution in [3.63, 3.8) is 0 Å². The molecule has 0 radical (unpaired) electrons. The molecule has 3 nitrogen and oxygen atoms in total. The molecule has 78 valence electrons. The highest BCUT2D eigenvalue weighted by molar-refractivity contribution is 5.07. The van der Waals surface area contributed by atoms with Crippen molar-refractivity contribution in [3.8, 4) is 0 Å². The molecule has 14 heavy (non-hydrogen) atoms. The topological polar surface area (TPSA) is 29.9 Å². The molecule has 1 atom stereocenters. The standard InChI is InChI=1S/C11H19N3/c1-9(2)11-5-7-13-14(11)10-4-3-6-12-8-10/h5,7,9-10,12H,3-4,6,8H2,1-2H3. The first-order valence-corrected chi connectivity index (χ1v) is 5.53. The van der Waals surface area contributed by atoms with Gasteiger partial charge in [-0.2, -0.15) is 5.10 Å². The van der Waals surface area contributed by atoms with Gasteiger partial charge in [-0.05, 0) is 31.4 Å². The third kappa shape index (κ3) is 1.82. The molecule has 3 heteroatoms. The second-order valence-corrected chi connectivity index (χ2v) is 4.36. The summed E-state index contributed by atoms with van der Waals surface area (Å²) >= 11 is 0. The van der Waals surface area contributed by atoms with Crippen LogP contribution in [0.3, 0.4) is 0 Å². The zero-order chi connectivity index (χ0) is 9.97. The summed E-state index contributed by atoms with van der Waals surface area (Å²) in [7, 11) is 0. The minimum Gasteiger partial charge on any atom is -0.315 e. The summed E-state index contributed by atoms with van der Waals surface area (Å²) < 4.78 is 2.21. The zero-order valence-electron chi connectivity index (χ0n) is 9.03. The Balaban J connectivity index is 2.17. The maximum atomic E-state index is 4.44. The molecule has 2 heterocycles. The smallest absolute Gasteiger partial charge is 0.0647 e. The summed E-state index contributed by atoms with van der Waals surface area (Å²) in [5, 5.41) is 7.87. The lowest BCUT2D eigenvalue weighted by Gasteiger charge is -2.25. The van der Waals surface area contributed by atoms with Gasteiger partial charge in [-0.1, -0.05) is 13.8 Å². The number of hydrogen-bond acceptors (Lipinski definition) is 2. The lowest BCUT2D eigenvalue weighted by Crippen LogP contribution is -2.33. The Morgan fingerprint density at radius 1 is 1.57 bits per heavy atom. The van der Waals surface area contributed by atoms with Crippen molar-refractivity contribution in [3.05, 3.63) is 18.0 Å². The van der Waals surface area contributed by atoms with Crippen molar-refractivity contribution in [1.82, 2.24) is 15.1 Å². The van der Waals surface area contributed by atoms with Crippen LogP contribution in [0.4, 0.5) is 0 Å². The van der Waals surface area contributed by atoms with Crippen LogP contribution >= 0.6 is 0 Å². The Morgan fingerprint density at radius 2 is 2.43 bits per heavy atom. The van der Waals surface area contributed by atoms with E-state index in [1.54, 1.807) is 0 Å². The molecule has 1 aliphatic heterocycles. The molecule has 0 aromatic carbocycles. The molecule has 1 N–H and O–H groups in total. The molecule has 1 aromatic rings. The van der Waals surface area contributed by atoms with Crippen LogP contribution in [0.1, 0.15) is 44.3 Å². The number of hydrogen-bond donors (Lipinski definition) is 1. The molecule has 1 aromatic heterocycles. The van der Waals surface area contributed by atoms with Gasteiger partial charge in [-0.25, -0.2) is 0 Å². The highest BCUT2D eigenvalue weighted by atomic mass is 15.3. The second-order valence-electron chi connectivity index (χ2n) is 4.36. The summed E-state index contributed by atoms with van der Waals surface area (Å²) in [5.41, 5.74) is 1.36. The van der Waals surface area contributed by atoms with Gasteiger partial charge >= 0.3 is 0 Å². The van der Waals surface area contributed by atoms with Crippen LogP contribution in [-0.2, 0) is 0 Å². The van der Waals surface area contributed by atoms with Crippen molar-refractivity contribution in [2.24, 2.45) is 0 Å². The molecule has 1 unspecified atom stereocenters. The van der Waals surface area contributed by atoms with E-state index in [4.69, 9.17) is 0 Å². The monoisotopic (exact) mass is 193 g/mol. The fourth-order valence-corrected chi connectivity index (χ4v) is 2.13. The second kappa shape index (κ2) is 4.13. The van der Waals surface area contributed by atoms with E-state index in [0.29, 0.717) is 12.0 Å². The SMILES string of the molecule is CC(C)c1ccnn1C1CCCNC1. The van der Waals surface area contributed by atoms with Gasteiger partial charge in [0.05, 0.1) is 6.04 Å². The van der Waals surface area contributed by atoms with Crippen molar-refractivity contribution in [2.45, 2.75) is 38.6 Å². The summed E-state index contributed by atoms with van der Waals surface area (Å²) in [6.07, 6.45) is 4.44. The van der Waals surface area contributed by atoms with Gasteiger partial charge in [0.2, 0.25) is 0 Å². The minimum absolute atomic E-state index is 0.566. The van der Waals surface area contributed by atoms with Crippen molar-refractivity contribution in [2.75, 3.05) is 13.1 Å². The van der Waals surface area contributed by atoms with Crippen molar-refractivity contribution < 1.29 is 0 Å². The van der Waals surface area contributed by atoms with Crippen LogP contribution in [0.2, 0.25) is 0 Å². The van der Waals surface area contributed by atoms with Gasteiger partial charge in [0, 0.05) is 18.4 Å². The third-order valence-electron chi connectivity index (χ3n) is 2.91. The number of aromatic nitrogens is 2. The Labute approximate surface area is 85.5 Å². The highest BCUT2D eigenvalue weighted by Crippen LogP contribution is 2.22. The van der Waals surface area contributed by atoms with E-state index in [2.05, 4.69) is 35.0 Å². The zero-order valence-corrected chi connectivity index (χ0v) is 9.03. The molecule has 0 saturated carbocycles. The first kappa shape index (κ1) is 9.71. The average molecular weight is 193 g/mol. The van der Waals surface area contributed by atoms with E-state index in [0.717, 1.165) is 13.1 Å². The number of nitrogens with one attached hydrogen (secondary N) is 1. The fourth-order valence-electron chi connectivity index (χ4n) is 2.13. The first-order valence-electron chi connectivity index (χ1n) is 5.53. The molecule has 0 amide bonds. The van der Waals surface area contributed by atoms with Crippen molar-refractivity contribution >= 4 is 0 Å². The van der Waals surface area contributed by atoms with Crippen LogP contribution in [0.15, 0.2) is 12.3 Å². The maximum Gasteiger partial charge on any atom is 0.0647 e. The summed E-state index contributed by atoms with van der Waals surface area (Å²) in [5.74, 6) is 0.569. The van der Waals surface area contributed by atoms with Crippen molar-refractivity contribution in [1.29, 1.82) is 0 Å². The number of piperidine rings is 1. The van der Waals surface area contributed by atoms with Crippen LogP contribution in [-0.4, -0.2) is 22.9 Å². The molecular weight excluding hydrogens is 174 g/mol. The van der Waals surface area contributed by atoms with Gasteiger partial charge in [-0.15, -0.1) is 0 Å². The summed E-state index contributed by atoms with van der Waals surface area (Å²) in [4.78, 5) is 0. The lowest BCUT2D eigenvalue weighted by atomic mass is 10.1. The molecule has 0 aliphatic carbocycles. The highest BCUT2D eigenvalue weighted by Gasteiger charge is 2.18. The Hall–Kier alpha value is -0.830. The van der Waals surface area contributed by atoms with Gasteiger partial charge in [0.25, 0.3) is 0 Å². The van der Waals surface area contributed by atoms with Gasteiger partial charge in [0.15, 0.2) is 0 Å². The Bertz CT molecular complexity index is 284. The molecule has 0 bridgehead atoms. The van der Waals surface area contributed by atoms with Crippen LogP contribution in [0, 0.1) is 0 Å². The molecule has 2 rings (SSSR count). The van der Waals surface area contributed by atoms with E-state index >= 15 is 0 Å². The fraction of sp³-hybridized carbons (Fsp3) is 0.727. The largest absolute Gasteiger partial charge is 0.315 e. The number of rotatable bonds is 2. The first-order chi connectivity index (χ1) is 6.79. The van der Waals surface area contributed by atoms with Crippen LogP contribution in [0.5, 0.6) is 0 Å². The van der Waals surface area contributed by atoms with E-state index in [-0.39, 0.29) is 0 Å². The van der Waals surface area contributed by atoms with E-state index in [1.165, 1.54) is 18.5 Å². The van der Waals surface area contributed by atoms with E-state index < -0.39 is 0 Å². The predicted molar refractivity (Wildman–Crippen MR) is 57.5 cm³/mol. The predicted octanol–water partition coefficient (Wildman–Crippen LogP) is 1.93. The Morgan fingerprint density at radius 3 is 3.07 bits per heavy atom. The summed E-state index contributed by atoms with van der Waals surface area (Å²) in [6, 6.07) is 2.70. The van der Waals surface area contributed by atoms with Gasteiger partial charge in [0.1, 0.15) is 0 Å². The quantitative estimate of drug-likeness (QED) is 0.777. The molecule has 1 saturated heterocycles. The molecular formula is C11H19N3. The van der Waals surface area contributed by atoms with E-state index in [9.17, 15) is 0 Å². The van der Waals surface area contributed by atoms with Gasteiger partial charge < -0.3 is 5.32 Å². The lowest BCUT2D eigenvalue weighted by molar-refractivity contribution is 0.336. The van der Waals surface area contributed by atoms with E-state index in [1.807, 2.05) is 6.20 Å².